The van der Waals surface area contributed by atoms with Crippen molar-refractivity contribution in [3.05, 3.63) is 60.7 Å². The summed E-state index contributed by atoms with van der Waals surface area (Å²) in [6, 6.07) is 20.1. The Kier molecular flexibility index (Phi) is 9.22. The summed E-state index contributed by atoms with van der Waals surface area (Å²) in [4.78, 5) is 14.1. The molecular weight excluding hydrogens is 531 g/mol. The van der Waals surface area contributed by atoms with Crippen LogP contribution in [0.2, 0.25) is 5.04 Å². The van der Waals surface area contributed by atoms with Crippen LogP contribution in [0.15, 0.2) is 60.7 Å². The van der Waals surface area contributed by atoms with E-state index in [1.807, 2.05) is 36.4 Å². The Labute approximate surface area is 238 Å². The van der Waals surface area contributed by atoms with Gasteiger partial charge in [-0.05, 0) is 65.8 Å². The summed E-state index contributed by atoms with van der Waals surface area (Å²) in [6.07, 6.45) is -0.867. The molecule has 220 valence electrons. The first-order chi connectivity index (χ1) is 18.9. The van der Waals surface area contributed by atoms with Crippen molar-refractivity contribution in [1.29, 1.82) is 0 Å². The number of alkyl halides is 3. The highest BCUT2D eigenvalue weighted by molar-refractivity contribution is 6.99. The predicted molar refractivity (Wildman–Crippen MR) is 155 cm³/mol. The third-order valence-corrected chi connectivity index (χ3v) is 14.4. The number of carbonyl (C=O) groups is 1. The zero-order valence-electron chi connectivity index (χ0n) is 24.2. The molecule has 0 radical (unpaired) electrons. The highest BCUT2D eigenvalue weighted by Crippen LogP contribution is 2.52. The van der Waals surface area contributed by atoms with Gasteiger partial charge in [0.05, 0.1) is 0 Å². The normalized spacial score (nSPS) is 24.9. The summed E-state index contributed by atoms with van der Waals surface area (Å²) in [7, 11) is -2.81. The van der Waals surface area contributed by atoms with Gasteiger partial charge in [-0.15, -0.1) is 0 Å². The lowest BCUT2D eigenvalue weighted by Crippen LogP contribution is -2.67. The van der Waals surface area contributed by atoms with Gasteiger partial charge in [0.25, 0.3) is 8.32 Å². The van der Waals surface area contributed by atoms with E-state index in [1.54, 1.807) is 0 Å². The van der Waals surface area contributed by atoms with Gasteiger partial charge in [0.2, 0.25) is 0 Å². The average Bonchev–Trinajstić information content (AvgIpc) is 3.32. The number of carbonyl (C=O) groups excluding carboxylic acids is 1. The molecule has 1 aliphatic heterocycles. The van der Waals surface area contributed by atoms with Crippen LogP contribution in [0.3, 0.4) is 0 Å². The number of benzene rings is 2. The smallest absolute Gasteiger partial charge is 0.407 e. The number of aliphatic hydroxyl groups is 1. The SMILES string of the molecule is C[C@@H](CO[Si](c1ccccc1)(c1ccccc1)C(C)(C)C)[C@H]1CCC[C@]12CCC[C@H](CCO)N2C(=O)C(F)(F)F. The first kappa shape index (κ1) is 30.8. The van der Waals surface area contributed by atoms with Crippen LogP contribution in [0, 0.1) is 11.8 Å². The molecule has 2 fully saturated rings. The van der Waals surface area contributed by atoms with Crippen molar-refractivity contribution in [3.8, 4) is 0 Å². The van der Waals surface area contributed by atoms with E-state index >= 15 is 0 Å². The lowest BCUT2D eigenvalue weighted by molar-refractivity contribution is -0.202. The zero-order chi connectivity index (χ0) is 29.2. The number of piperidine rings is 1. The number of hydrogen-bond acceptors (Lipinski definition) is 3. The number of halogens is 3. The van der Waals surface area contributed by atoms with Crippen molar-refractivity contribution >= 4 is 24.6 Å². The van der Waals surface area contributed by atoms with Crippen molar-refractivity contribution in [1.82, 2.24) is 4.90 Å². The molecule has 2 aromatic rings. The highest BCUT2D eigenvalue weighted by atomic mass is 28.4. The monoisotopic (exact) mass is 575 g/mol. The maximum atomic E-state index is 13.9. The van der Waals surface area contributed by atoms with Crippen molar-refractivity contribution in [2.24, 2.45) is 11.8 Å². The van der Waals surface area contributed by atoms with Crippen LogP contribution >= 0.6 is 0 Å². The van der Waals surface area contributed by atoms with Crippen LogP contribution in [0.5, 0.6) is 0 Å². The summed E-state index contributed by atoms with van der Waals surface area (Å²) in [6.45, 7) is 8.89. The molecule has 0 unspecified atom stereocenters. The summed E-state index contributed by atoms with van der Waals surface area (Å²) < 4.78 is 49.0. The van der Waals surface area contributed by atoms with E-state index in [0.29, 0.717) is 25.9 Å². The molecule has 1 saturated heterocycles. The molecule has 40 heavy (non-hydrogen) atoms. The van der Waals surface area contributed by atoms with E-state index in [1.165, 1.54) is 4.90 Å². The van der Waals surface area contributed by atoms with Gasteiger partial charge in [0.1, 0.15) is 0 Å². The Balaban J connectivity index is 1.71. The molecule has 2 aromatic carbocycles. The standard InChI is InChI=1S/C32H44F3NO3Si/c1-24(23-39-40(30(2,3)4,26-14-7-5-8-15-26)27-16-9-6-10-17-27)28-18-12-21-31(28)20-11-13-25(19-22-37)36(31)29(38)32(33,34)35/h5-10,14-17,24-25,28,37H,11-13,18-23H2,1-4H3/t24-,25+,28+,31+/m0/s1. The summed E-state index contributed by atoms with van der Waals surface area (Å²) in [5, 5.41) is 11.8. The number of rotatable bonds is 8. The fourth-order valence-electron chi connectivity index (χ4n) is 7.82. The number of aliphatic hydroxyl groups excluding tert-OH is 1. The molecule has 1 spiro atoms. The van der Waals surface area contributed by atoms with Crippen LogP contribution in [0.25, 0.3) is 0 Å². The molecule has 4 nitrogen and oxygen atoms in total. The zero-order valence-corrected chi connectivity index (χ0v) is 25.2. The van der Waals surface area contributed by atoms with Crippen molar-refractivity contribution in [3.63, 3.8) is 0 Å². The molecular formula is C32H44F3NO3Si. The molecule has 0 aromatic heterocycles. The molecule has 1 amide bonds. The topological polar surface area (TPSA) is 49.8 Å². The van der Waals surface area contributed by atoms with Gasteiger partial charge in [-0.25, -0.2) is 0 Å². The van der Waals surface area contributed by atoms with E-state index in [-0.39, 0.29) is 29.9 Å². The van der Waals surface area contributed by atoms with Gasteiger partial charge in [-0.1, -0.05) is 94.8 Å². The maximum absolute atomic E-state index is 13.9. The predicted octanol–water partition coefficient (Wildman–Crippen LogP) is 6.06. The quantitative estimate of drug-likeness (QED) is 0.389. The highest BCUT2D eigenvalue weighted by Gasteiger charge is 2.59. The number of nitrogens with zero attached hydrogens (tertiary/aromatic N) is 1. The van der Waals surface area contributed by atoms with Gasteiger partial charge >= 0.3 is 12.1 Å². The Morgan fingerprint density at radius 3 is 2.00 bits per heavy atom. The molecule has 1 saturated carbocycles. The van der Waals surface area contributed by atoms with Gasteiger partial charge in [0, 0.05) is 24.8 Å². The second-order valence-electron chi connectivity index (χ2n) is 12.8. The Hall–Kier alpha value is -2.16. The molecule has 8 heteroatoms. The third kappa shape index (κ3) is 5.64. The minimum absolute atomic E-state index is 0.0550. The van der Waals surface area contributed by atoms with Gasteiger partial charge in [0.15, 0.2) is 0 Å². The average molecular weight is 576 g/mol. The minimum Gasteiger partial charge on any atom is -0.407 e. The van der Waals surface area contributed by atoms with Gasteiger partial charge < -0.3 is 14.4 Å². The van der Waals surface area contributed by atoms with Crippen LogP contribution in [-0.2, 0) is 9.22 Å². The minimum atomic E-state index is -4.94. The molecule has 1 N–H and O–H groups in total. The summed E-state index contributed by atoms with van der Waals surface area (Å²) >= 11 is 0. The van der Waals surface area contributed by atoms with E-state index in [0.717, 1.165) is 29.6 Å². The van der Waals surface area contributed by atoms with Crippen LogP contribution in [-0.4, -0.2) is 55.2 Å². The molecule has 4 rings (SSSR count). The molecule has 1 heterocycles. The number of hydrogen-bond donors (Lipinski definition) is 1. The second-order valence-corrected chi connectivity index (χ2v) is 17.1. The van der Waals surface area contributed by atoms with Gasteiger partial charge in [-0.3, -0.25) is 4.79 Å². The molecule has 0 bridgehead atoms. The van der Waals surface area contributed by atoms with Gasteiger partial charge in [-0.2, -0.15) is 13.2 Å². The molecule has 1 aliphatic carbocycles. The Morgan fingerprint density at radius 2 is 1.52 bits per heavy atom. The maximum Gasteiger partial charge on any atom is 0.471 e. The summed E-state index contributed by atoms with van der Waals surface area (Å²) in [5.74, 6) is -1.92. The fourth-order valence-corrected chi connectivity index (χ4v) is 12.5. The molecule has 4 atom stereocenters. The Bertz CT molecular complexity index is 1080. The van der Waals surface area contributed by atoms with Crippen LogP contribution in [0.1, 0.15) is 72.6 Å². The Morgan fingerprint density at radius 1 is 1.00 bits per heavy atom. The van der Waals surface area contributed by atoms with E-state index in [2.05, 4.69) is 52.0 Å². The summed E-state index contributed by atoms with van der Waals surface area (Å²) in [5.41, 5.74) is -0.862. The van der Waals surface area contributed by atoms with E-state index in [9.17, 15) is 23.1 Å². The lowest BCUT2D eigenvalue weighted by Gasteiger charge is -2.54. The first-order valence-corrected chi connectivity index (χ1v) is 16.6. The van der Waals surface area contributed by atoms with E-state index in [4.69, 9.17) is 4.43 Å². The fraction of sp³-hybridized carbons (Fsp3) is 0.594. The van der Waals surface area contributed by atoms with Crippen LogP contribution < -0.4 is 10.4 Å². The second kappa shape index (κ2) is 12.0. The number of amides is 1. The van der Waals surface area contributed by atoms with Crippen molar-refractivity contribution in [2.75, 3.05) is 13.2 Å². The lowest BCUT2D eigenvalue weighted by atomic mass is 9.71. The largest absolute Gasteiger partial charge is 0.471 e. The van der Waals surface area contributed by atoms with Crippen LogP contribution in [0.4, 0.5) is 13.2 Å². The molecule has 2 aliphatic rings. The third-order valence-electron chi connectivity index (χ3n) is 9.40. The number of likely N-dealkylation sites (tertiary alicyclic amines) is 1. The van der Waals surface area contributed by atoms with Crippen molar-refractivity contribution in [2.45, 2.75) is 95.4 Å². The van der Waals surface area contributed by atoms with E-state index < -0.39 is 32.0 Å². The first-order valence-electron chi connectivity index (χ1n) is 14.6. The van der Waals surface area contributed by atoms with Crippen molar-refractivity contribution < 1.29 is 27.5 Å².